The fourth-order valence-corrected chi connectivity index (χ4v) is 3.93. The number of hydrogen-bond donors (Lipinski definition) is 1. The number of esters is 1. The highest BCUT2D eigenvalue weighted by Gasteiger charge is 2.39. The third kappa shape index (κ3) is 2.71. The maximum absolute atomic E-state index is 12.2. The Balaban J connectivity index is 1.50. The topological polar surface area (TPSA) is 38.3 Å². The van der Waals surface area contributed by atoms with E-state index in [2.05, 4.69) is 5.32 Å². The molecule has 1 saturated heterocycles. The van der Waals surface area contributed by atoms with Crippen LogP contribution in [0.2, 0.25) is 0 Å². The molecule has 0 bridgehead atoms. The van der Waals surface area contributed by atoms with E-state index in [-0.39, 0.29) is 18.1 Å². The zero-order valence-electron chi connectivity index (χ0n) is 11.2. The lowest BCUT2D eigenvalue weighted by atomic mass is 9.85. The predicted molar refractivity (Wildman–Crippen MR) is 70.3 cm³/mol. The van der Waals surface area contributed by atoms with Crippen molar-refractivity contribution in [3.8, 4) is 0 Å². The van der Waals surface area contributed by atoms with Gasteiger partial charge in [0.05, 0.1) is 0 Å². The molecule has 3 unspecified atom stereocenters. The molecule has 0 aromatic heterocycles. The first-order chi connectivity index (χ1) is 8.83. The fraction of sp³-hybridized carbons (Fsp3) is 0.933. The van der Waals surface area contributed by atoms with Gasteiger partial charge in [0.1, 0.15) is 12.1 Å². The van der Waals surface area contributed by atoms with Crippen molar-refractivity contribution < 1.29 is 9.53 Å². The molecular weight excluding hydrogens is 226 g/mol. The van der Waals surface area contributed by atoms with Gasteiger partial charge in [0.2, 0.25) is 0 Å². The second kappa shape index (κ2) is 5.60. The van der Waals surface area contributed by atoms with Gasteiger partial charge in [-0.05, 0) is 50.9 Å². The van der Waals surface area contributed by atoms with Crippen LogP contribution >= 0.6 is 0 Å². The molecule has 2 saturated carbocycles. The monoisotopic (exact) mass is 251 g/mol. The molecule has 0 amide bonds. The Kier molecular flexibility index (Phi) is 3.88. The van der Waals surface area contributed by atoms with Crippen LogP contribution in [0.1, 0.15) is 64.2 Å². The van der Waals surface area contributed by atoms with Gasteiger partial charge in [0, 0.05) is 6.04 Å². The van der Waals surface area contributed by atoms with Gasteiger partial charge in [0.25, 0.3) is 0 Å². The summed E-state index contributed by atoms with van der Waals surface area (Å²) in [6.45, 7) is 0. The van der Waals surface area contributed by atoms with E-state index in [4.69, 9.17) is 4.74 Å². The Morgan fingerprint density at radius 1 is 0.944 bits per heavy atom. The maximum Gasteiger partial charge on any atom is 0.323 e. The van der Waals surface area contributed by atoms with Gasteiger partial charge in [-0.2, -0.15) is 0 Å². The quantitative estimate of drug-likeness (QED) is 0.767. The highest BCUT2D eigenvalue weighted by atomic mass is 16.5. The summed E-state index contributed by atoms with van der Waals surface area (Å²) in [4.78, 5) is 12.2. The van der Waals surface area contributed by atoms with Crippen molar-refractivity contribution in [2.75, 3.05) is 0 Å². The molecule has 18 heavy (non-hydrogen) atoms. The van der Waals surface area contributed by atoms with Gasteiger partial charge in [-0.3, -0.25) is 4.79 Å². The molecule has 3 atom stereocenters. The fourth-order valence-electron chi connectivity index (χ4n) is 3.93. The minimum atomic E-state index is -0.0139. The summed E-state index contributed by atoms with van der Waals surface area (Å²) in [6.07, 6.45) is 12.3. The van der Waals surface area contributed by atoms with Crippen molar-refractivity contribution in [2.24, 2.45) is 5.92 Å². The second-order valence-corrected chi connectivity index (χ2v) is 6.30. The van der Waals surface area contributed by atoms with E-state index in [0.29, 0.717) is 6.04 Å². The molecular formula is C15H25NO2. The van der Waals surface area contributed by atoms with Crippen LogP contribution in [-0.2, 0) is 9.53 Å². The Labute approximate surface area is 110 Å². The van der Waals surface area contributed by atoms with Crippen LogP contribution in [0.25, 0.3) is 0 Å². The molecule has 3 fully saturated rings. The summed E-state index contributed by atoms with van der Waals surface area (Å²) < 4.78 is 5.68. The normalized spacial score (nSPS) is 37.2. The first-order valence-corrected chi connectivity index (χ1v) is 7.79. The van der Waals surface area contributed by atoms with Gasteiger partial charge in [0.15, 0.2) is 0 Å². The first kappa shape index (κ1) is 12.5. The molecule has 3 aliphatic rings. The summed E-state index contributed by atoms with van der Waals surface area (Å²) in [6, 6.07) is 0.572. The largest absolute Gasteiger partial charge is 0.461 e. The summed E-state index contributed by atoms with van der Waals surface area (Å²) >= 11 is 0. The highest BCUT2D eigenvalue weighted by Crippen LogP contribution is 2.34. The number of carbonyl (C=O) groups excluding carboxylic acids is 1. The third-order valence-corrected chi connectivity index (χ3v) is 4.98. The van der Waals surface area contributed by atoms with Crippen molar-refractivity contribution in [1.29, 1.82) is 0 Å². The van der Waals surface area contributed by atoms with Crippen LogP contribution in [0.15, 0.2) is 0 Å². The summed E-state index contributed by atoms with van der Waals surface area (Å²) in [7, 11) is 0. The molecule has 1 heterocycles. The standard InChI is InChI=1S/C15H25NO2/c17-15(18-12-7-2-1-3-8-12)14-10-11-6-4-5-9-13(11)16-14/h11-14,16H,1-10H2. The molecule has 3 nitrogen and oxygen atoms in total. The van der Waals surface area contributed by atoms with E-state index in [9.17, 15) is 4.79 Å². The van der Waals surface area contributed by atoms with Crippen LogP contribution in [0.4, 0.5) is 0 Å². The van der Waals surface area contributed by atoms with Crippen molar-refractivity contribution in [3.63, 3.8) is 0 Å². The minimum absolute atomic E-state index is 0.0139. The van der Waals surface area contributed by atoms with E-state index in [1.165, 1.54) is 44.9 Å². The Morgan fingerprint density at radius 3 is 2.44 bits per heavy atom. The van der Waals surface area contributed by atoms with E-state index in [1.54, 1.807) is 0 Å². The second-order valence-electron chi connectivity index (χ2n) is 6.30. The minimum Gasteiger partial charge on any atom is -0.461 e. The zero-order valence-corrected chi connectivity index (χ0v) is 11.2. The molecule has 0 aromatic carbocycles. The molecule has 0 spiro atoms. The van der Waals surface area contributed by atoms with Gasteiger partial charge in [-0.25, -0.2) is 0 Å². The van der Waals surface area contributed by atoms with Gasteiger partial charge in [-0.15, -0.1) is 0 Å². The number of fused-ring (bicyclic) bond motifs is 1. The highest BCUT2D eigenvalue weighted by molar-refractivity contribution is 5.76. The predicted octanol–water partition coefficient (Wildman–Crippen LogP) is 2.78. The molecule has 3 heteroatoms. The van der Waals surface area contributed by atoms with Crippen LogP contribution in [0.3, 0.4) is 0 Å². The molecule has 1 aliphatic heterocycles. The summed E-state index contributed by atoms with van der Waals surface area (Å²) in [5.74, 6) is 0.749. The van der Waals surface area contributed by atoms with E-state index in [1.807, 2.05) is 0 Å². The lowest BCUT2D eigenvalue weighted by molar-refractivity contribution is -0.152. The number of hydrogen-bond acceptors (Lipinski definition) is 3. The molecule has 102 valence electrons. The number of carbonyl (C=O) groups is 1. The maximum atomic E-state index is 12.2. The summed E-state index contributed by atoms with van der Waals surface area (Å²) in [5, 5.41) is 3.51. The summed E-state index contributed by atoms with van der Waals surface area (Å²) in [5.41, 5.74) is 0. The average Bonchev–Trinajstić information content (AvgIpc) is 2.84. The van der Waals surface area contributed by atoms with Crippen LogP contribution < -0.4 is 5.32 Å². The van der Waals surface area contributed by atoms with Crippen molar-refractivity contribution in [3.05, 3.63) is 0 Å². The Morgan fingerprint density at radius 2 is 1.67 bits per heavy atom. The number of nitrogens with one attached hydrogen (secondary N) is 1. The molecule has 2 aliphatic carbocycles. The Hall–Kier alpha value is -0.570. The molecule has 0 aromatic rings. The lowest BCUT2D eigenvalue weighted by Gasteiger charge is -2.24. The lowest BCUT2D eigenvalue weighted by Crippen LogP contribution is -2.39. The van der Waals surface area contributed by atoms with E-state index >= 15 is 0 Å². The van der Waals surface area contributed by atoms with Crippen molar-refractivity contribution >= 4 is 5.97 Å². The SMILES string of the molecule is O=C(OC1CCCCC1)C1CC2CCCCC2N1. The van der Waals surface area contributed by atoms with Gasteiger partial charge in [-0.1, -0.05) is 19.3 Å². The number of ether oxygens (including phenoxy) is 1. The molecule has 0 radical (unpaired) electrons. The molecule has 3 rings (SSSR count). The van der Waals surface area contributed by atoms with E-state index < -0.39 is 0 Å². The third-order valence-electron chi connectivity index (χ3n) is 4.98. The van der Waals surface area contributed by atoms with Crippen LogP contribution in [-0.4, -0.2) is 24.2 Å². The van der Waals surface area contributed by atoms with Crippen LogP contribution in [0.5, 0.6) is 0 Å². The van der Waals surface area contributed by atoms with E-state index in [0.717, 1.165) is 25.2 Å². The van der Waals surface area contributed by atoms with Crippen molar-refractivity contribution in [1.82, 2.24) is 5.32 Å². The van der Waals surface area contributed by atoms with Gasteiger partial charge < -0.3 is 10.1 Å². The van der Waals surface area contributed by atoms with Crippen LogP contribution in [0, 0.1) is 5.92 Å². The average molecular weight is 251 g/mol. The van der Waals surface area contributed by atoms with Crippen molar-refractivity contribution in [2.45, 2.75) is 82.4 Å². The molecule has 1 N–H and O–H groups in total. The number of rotatable bonds is 2. The van der Waals surface area contributed by atoms with Gasteiger partial charge >= 0.3 is 5.97 Å². The smallest absolute Gasteiger partial charge is 0.323 e. The first-order valence-electron chi connectivity index (χ1n) is 7.79. The Bertz CT molecular complexity index is 285. The zero-order chi connectivity index (χ0) is 12.4.